The van der Waals surface area contributed by atoms with Gasteiger partial charge in [-0.1, -0.05) is 18.2 Å². The fraction of sp³-hybridized carbons (Fsp3) is 0.0667. The number of halogens is 4. The minimum Gasteiger partial charge on any atom is -0.403 e. The van der Waals surface area contributed by atoms with Crippen LogP contribution in [0.25, 0.3) is 5.69 Å². The highest BCUT2D eigenvalue weighted by molar-refractivity contribution is 5.56. The van der Waals surface area contributed by atoms with Crippen LogP contribution in [0.3, 0.4) is 0 Å². The molecule has 3 aromatic rings. The summed E-state index contributed by atoms with van der Waals surface area (Å²) in [6.07, 6.45) is -3.54. The van der Waals surface area contributed by atoms with Crippen LogP contribution >= 0.6 is 0 Å². The van der Waals surface area contributed by atoms with Gasteiger partial charge in [0, 0.05) is 11.8 Å². The van der Waals surface area contributed by atoms with Crippen LogP contribution in [0.4, 0.5) is 29.2 Å². The first-order valence-electron chi connectivity index (χ1n) is 6.70. The van der Waals surface area contributed by atoms with Crippen molar-refractivity contribution in [2.45, 2.75) is 6.36 Å². The van der Waals surface area contributed by atoms with Crippen molar-refractivity contribution in [3.63, 3.8) is 0 Å². The number of hydrogen-bond acceptors (Lipinski definition) is 4. The summed E-state index contributed by atoms with van der Waals surface area (Å²) >= 11 is 0. The molecular formula is C15H10F4N4O. The van der Waals surface area contributed by atoms with Gasteiger partial charge >= 0.3 is 6.36 Å². The quantitative estimate of drug-likeness (QED) is 0.729. The first-order chi connectivity index (χ1) is 11.4. The van der Waals surface area contributed by atoms with E-state index >= 15 is 0 Å². The van der Waals surface area contributed by atoms with Crippen molar-refractivity contribution in [3.8, 4) is 11.4 Å². The van der Waals surface area contributed by atoms with E-state index in [0.717, 1.165) is 17.8 Å². The van der Waals surface area contributed by atoms with E-state index in [1.807, 2.05) is 30.3 Å². The van der Waals surface area contributed by atoms with Crippen molar-refractivity contribution in [3.05, 3.63) is 60.7 Å². The van der Waals surface area contributed by atoms with Crippen molar-refractivity contribution in [2.24, 2.45) is 0 Å². The molecule has 1 heterocycles. The predicted molar refractivity (Wildman–Crippen MR) is 77.7 cm³/mol. The van der Waals surface area contributed by atoms with Crippen molar-refractivity contribution in [1.82, 2.24) is 14.8 Å². The first-order valence-corrected chi connectivity index (χ1v) is 6.70. The third kappa shape index (κ3) is 3.80. The lowest BCUT2D eigenvalue weighted by Crippen LogP contribution is -2.18. The molecule has 2 aromatic carbocycles. The van der Waals surface area contributed by atoms with Gasteiger partial charge in [-0.15, -0.1) is 18.3 Å². The van der Waals surface area contributed by atoms with E-state index in [-0.39, 0.29) is 11.6 Å². The van der Waals surface area contributed by atoms with E-state index in [1.165, 1.54) is 17.1 Å². The molecule has 24 heavy (non-hydrogen) atoms. The molecule has 9 heteroatoms. The number of hydrogen-bond donors (Lipinski definition) is 1. The summed E-state index contributed by atoms with van der Waals surface area (Å²) in [6.45, 7) is 0. The standard InChI is InChI=1S/C15H10F4N4O/c16-12-7-6-10(8-13(12)24-15(17,18)19)21-14-20-9-23(22-14)11-4-2-1-3-5-11/h1-9H,(H,21,22). The molecule has 0 aliphatic carbocycles. The molecule has 0 fully saturated rings. The molecule has 0 atom stereocenters. The highest BCUT2D eigenvalue weighted by atomic mass is 19.4. The fourth-order valence-electron chi connectivity index (χ4n) is 1.94. The highest BCUT2D eigenvalue weighted by Crippen LogP contribution is 2.29. The van der Waals surface area contributed by atoms with E-state index in [1.54, 1.807) is 0 Å². The summed E-state index contributed by atoms with van der Waals surface area (Å²) in [7, 11) is 0. The molecule has 0 unspecified atom stereocenters. The van der Waals surface area contributed by atoms with Gasteiger partial charge in [0.15, 0.2) is 11.6 Å². The van der Waals surface area contributed by atoms with Crippen LogP contribution in [-0.2, 0) is 0 Å². The Balaban J connectivity index is 1.79. The second kappa shape index (κ2) is 6.19. The Bertz CT molecular complexity index is 833. The third-order valence-corrected chi connectivity index (χ3v) is 2.93. The minimum atomic E-state index is -4.98. The number of ether oxygens (including phenoxy) is 1. The van der Waals surface area contributed by atoms with Crippen molar-refractivity contribution in [2.75, 3.05) is 5.32 Å². The maximum atomic E-state index is 13.4. The predicted octanol–water partition coefficient (Wildman–Crippen LogP) is 4.05. The van der Waals surface area contributed by atoms with Crippen molar-refractivity contribution >= 4 is 11.6 Å². The number of anilines is 2. The van der Waals surface area contributed by atoms with E-state index in [2.05, 4.69) is 20.1 Å². The zero-order valence-corrected chi connectivity index (χ0v) is 12.0. The molecule has 0 saturated carbocycles. The summed E-state index contributed by atoms with van der Waals surface area (Å²) < 4.78 is 55.2. The summed E-state index contributed by atoms with van der Waals surface area (Å²) in [6, 6.07) is 12.1. The molecule has 124 valence electrons. The molecule has 0 aliphatic rings. The second-order valence-corrected chi connectivity index (χ2v) is 4.67. The summed E-state index contributed by atoms with van der Waals surface area (Å²) in [5.74, 6) is -1.92. The number of nitrogens with one attached hydrogen (secondary N) is 1. The number of rotatable bonds is 4. The van der Waals surface area contributed by atoms with Crippen LogP contribution in [0.15, 0.2) is 54.9 Å². The lowest BCUT2D eigenvalue weighted by atomic mass is 10.3. The Morgan fingerprint density at radius 2 is 1.79 bits per heavy atom. The number of aromatic nitrogens is 3. The number of para-hydroxylation sites is 1. The molecule has 1 aromatic heterocycles. The van der Waals surface area contributed by atoms with Gasteiger partial charge in [-0.05, 0) is 24.3 Å². The topological polar surface area (TPSA) is 52.0 Å². The largest absolute Gasteiger partial charge is 0.573 e. The van der Waals surface area contributed by atoms with E-state index in [0.29, 0.717) is 0 Å². The Morgan fingerprint density at radius 3 is 2.50 bits per heavy atom. The number of nitrogens with zero attached hydrogens (tertiary/aromatic N) is 3. The van der Waals surface area contributed by atoms with Crippen LogP contribution in [0.2, 0.25) is 0 Å². The van der Waals surface area contributed by atoms with E-state index in [9.17, 15) is 17.6 Å². The van der Waals surface area contributed by atoms with Crippen LogP contribution in [0.1, 0.15) is 0 Å². The van der Waals surface area contributed by atoms with Crippen molar-refractivity contribution in [1.29, 1.82) is 0 Å². The lowest BCUT2D eigenvalue weighted by Gasteiger charge is -2.11. The maximum Gasteiger partial charge on any atom is 0.573 e. The lowest BCUT2D eigenvalue weighted by molar-refractivity contribution is -0.275. The fourth-order valence-corrected chi connectivity index (χ4v) is 1.94. The molecule has 0 aliphatic heterocycles. The molecule has 3 rings (SSSR count). The SMILES string of the molecule is Fc1ccc(Nc2ncn(-c3ccccc3)n2)cc1OC(F)(F)F. The molecule has 0 amide bonds. The van der Waals surface area contributed by atoms with Gasteiger partial charge in [0.1, 0.15) is 6.33 Å². The van der Waals surface area contributed by atoms with Gasteiger partial charge in [-0.25, -0.2) is 9.07 Å². The number of alkyl halides is 3. The van der Waals surface area contributed by atoms with Crippen LogP contribution < -0.4 is 10.1 Å². The molecule has 0 bridgehead atoms. The summed E-state index contributed by atoms with van der Waals surface area (Å²) in [4.78, 5) is 4.00. The van der Waals surface area contributed by atoms with Crippen molar-refractivity contribution < 1.29 is 22.3 Å². The Hall–Kier alpha value is -3.10. The normalized spacial score (nSPS) is 11.3. The minimum absolute atomic E-state index is 0.142. The maximum absolute atomic E-state index is 13.4. The first kappa shape index (κ1) is 15.8. The summed E-state index contributed by atoms with van der Waals surface area (Å²) in [5.41, 5.74) is 0.916. The zero-order valence-electron chi connectivity index (χ0n) is 12.0. The van der Waals surface area contributed by atoms with E-state index in [4.69, 9.17) is 0 Å². The van der Waals surface area contributed by atoms with E-state index < -0.39 is 17.9 Å². The third-order valence-electron chi connectivity index (χ3n) is 2.93. The van der Waals surface area contributed by atoms with Gasteiger partial charge in [-0.2, -0.15) is 4.98 Å². The molecular weight excluding hydrogens is 328 g/mol. The Kier molecular flexibility index (Phi) is 4.07. The molecule has 1 N–H and O–H groups in total. The molecule has 5 nitrogen and oxygen atoms in total. The van der Waals surface area contributed by atoms with Crippen LogP contribution in [0.5, 0.6) is 5.75 Å². The average Bonchev–Trinajstić information content (AvgIpc) is 2.99. The summed E-state index contributed by atoms with van der Waals surface area (Å²) in [5, 5.41) is 6.83. The van der Waals surface area contributed by atoms with Gasteiger partial charge in [0.2, 0.25) is 5.95 Å². The monoisotopic (exact) mass is 338 g/mol. The van der Waals surface area contributed by atoms with Crippen LogP contribution in [0, 0.1) is 5.82 Å². The molecule has 0 radical (unpaired) electrons. The Labute approximate surface area is 133 Å². The van der Waals surface area contributed by atoms with Gasteiger partial charge < -0.3 is 10.1 Å². The highest BCUT2D eigenvalue weighted by Gasteiger charge is 2.32. The second-order valence-electron chi connectivity index (χ2n) is 4.67. The number of benzene rings is 2. The average molecular weight is 338 g/mol. The molecule has 0 saturated heterocycles. The van der Waals surface area contributed by atoms with Gasteiger partial charge in [0.25, 0.3) is 0 Å². The Morgan fingerprint density at radius 1 is 1.04 bits per heavy atom. The smallest absolute Gasteiger partial charge is 0.403 e. The van der Waals surface area contributed by atoms with Gasteiger partial charge in [-0.3, -0.25) is 0 Å². The molecule has 0 spiro atoms. The van der Waals surface area contributed by atoms with Crippen LogP contribution in [-0.4, -0.2) is 21.1 Å². The zero-order chi connectivity index (χ0) is 17.2. The van der Waals surface area contributed by atoms with Gasteiger partial charge in [0.05, 0.1) is 5.69 Å².